The summed E-state index contributed by atoms with van der Waals surface area (Å²) >= 11 is 0. The second-order valence-corrected chi connectivity index (χ2v) is 11.8. The van der Waals surface area contributed by atoms with Crippen LogP contribution in [0.3, 0.4) is 0 Å². The number of carbonyl (C=O) groups excluding carboxylic acids is 3. The largest absolute Gasteiger partial charge is 0.510 e. The zero-order valence-electron chi connectivity index (χ0n) is 21.1. The van der Waals surface area contributed by atoms with E-state index in [1.165, 1.54) is 0 Å². The molecule has 6 nitrogen and oxygen atoms in total. The number of aliphatic hydroxyl groups excluding tert-OH is 1. The molecule has 3 rings (SSSR count). The van der Waals surface area contributed by atoms with E-state index in [2.05, 4.69) is 0 Å². The number of hydrogen-bond acceptors (Lipinski definition) is 6. The van der Waals surface area contributed by atoms with Gasteiger partial charge in [-0.3, -0.25) is 14.4 Å². The van der Waals surface area contributed by atoms with Crippen molar-refractivity contribution in [1.29, 1.82) is 0 Å². The molecule has 7 atom stereocenters. The van der Waals surface area contributed by atoms with Gasteiger partial charge in [0, 0.05) is 5.92 Å². The Morgan fingerprint density at radius 3 is 2.27 bits per heavy atom. The van der Waals surface area contributed by atoms with Gasteiger partial charge in [0.25, 0.3) is 0 Å². The van der Waals surface area contributed by atoms with Gasteiger partial charge in [-0.05, 0) is 85.0 Å². The second-order valence-electron chi connectivity index (χ2n) is 11.8. The smallest absolute Gasteiger partial charge is 0.183 e. The minimum absolute atomic E-state index is 0.0725. The Bertz CT molecular complexity index is 934. The third-order valence-corrected chi connectivity index (χ3v) is 8.85. The Morgan fingerprint density at radius 1 is 1.12 bits per heavy atom. The summed E-state index contributed by atoms with van der Waals surface area (Å²) in [7, 11) is 0. The van der Waals surface area contributed by atoms with Crippen LogP contribution in [0.25, 0.3) is 0 Å². The Balaban J connectivity index is 2.28. The number of carbonyl (C=O) groups is 3. The molecular weight excluding hydrogens is 420 g/mol. The lowest BCUT2D eigenvalue weighted by Gasteiger charge is -2.54. The first-order chi connectivity index (χ1) is 15.0. The van der Waals surface area contributed by atoms with Gasteiger partial charge in [0.2, 0.25) is 0 Å². The standard InChI is InChI=1S/C27H40O6/c1-8-16(4)20(28)19-21(29)24(5,11-9-15(2)3)23(31)27(22(19)30)13-18-17(26(7,33)14-27)10-12-25(18,6)32/h9,16-18,30,32-33H,8,10-14H2,1-7H3/t16-,17+,18-,24+,25+,26+,27+/m1/s1. The number of rotatable bonds is 5. The zero-order chi connectivity index (χ0) is 25.1. The van der Waals surface area contributed by atoms with Crippen molar-refractivity contribution in [2.75, 3.05) is 0 Å². The van der Waals surface area contributed by atoms with Crippen LogP contribution in [0.2, 0.25) is 0 Å². The SMILES string of the molecule is CC[C@@H](C)C(=O)C1=C(O)[C@@]2(C[C@@H]3[C@H](CC[C@]3(C)O)[C@@](C)(O)C2)C(=O)[C@@](C)(CC=C(C)C)C1=O. The Morgan fingerprint density at radius 2 is 1.73 bits per heavy atom. The number of allylic oxidation sites excluding steroid dienone is 4. The summed E-state index contributed by atoms with van der Waals surface area (Å²) in [4.78, 5) is 41.2. The van der Waals surface area contributed by atoms with E-state index in [1.807, 2.05) is 26.8 Å². The lowest BCUT2D eigenvalue weighted by atomic mass is 9.49. The van der Waals surface area contributed by atoms with Crippen LogP contribution in [-0.2, 0) is 14.4 Å². The van der Waals surface area contributed by atoms with E-state index < -0.39 is 57.0 Å². The van der Waals surface area contributed by atoms with Gasteiger partial charge in [0.05, 0.1) is 22.0 Å². The fraction of sp³-hybridized carbons (Fsp3) is 0.741. The van der Waals surface area contributed by atoms with Crippen LogP contribution < -0.4 is 0 Å². The molecule has 184 valence electrons. The molecule has 6 heteroatoms. The number of Topliss-reactive ketones (excluding diaryl/α,β-unsaturated/α-hetero) is 3. The molecule has 0 unspecified atom stereocenters. The van der Waals surface area contributed by atoms with Gasteiger partial charge in [-0.15, -0.1) is 0 Å². The van der Waals surface area contributed by atoms with Crippen molar-refractivity contribution in [3.8, 4) is 0 Å². The highest BCUT2D eigenvalue weighted by atomic mass is 16.3. The lowest BCUT2D eigenvalue weighted by Crippen LogP contribution is -2.61. The minimum Gasteiger partial charge on any atom is -0.510 e. The van der Waals surface area contributed by atoms with Crippen LogP contribution in [0.5, 0.6) is 0 Å². The molecule has 33 heavy (non-hydrogen) atoms. The van der Waals surface area contributed by atoms with Gasteiger partial charge >= 0.3 is 0 Å². The topological polar surface area (TPSA) is 112 Å². The van der Waals surface area contributed by atoms with E-state index in [4.69, 9.17) is 0 Å². The van der Waals surface area contributed by atoms with Gasteiger partial charge in [0.15, 0.2) is 17.3 Å². The third kappa shape index (κ3) is 3.83. The molecule has 0 bridgehead atoms. The highest BCUT2D eigenvalue weighted by Crippen LogP contribution is 2.62. The van der Waals surface area contributed by atoms with Crippen molar-refractivity contribution in [1.82, 2.24) is 0 Å². The molecule has 0 aromatic carbocycles. The molecule has 2 fully saturated rings. The molecular formula is C27H40O6. The molecule has 0 heterocycles. The van der Waals surface area contributed by atoms with E-state index in [9.17, 15) is 29.7 Å². The molecule has 3 aliphatic rings. The predicted octanol–water partition coefficient (Wildman–Crippen LogP) is 4.24. The average molecular weight is 461 g/mol. The summed E-state index contributed by atoms with van der Waals surface area (Å²) < 4.78 is 0. The predicted molar refractivity (Wildman–Crippen MR) is 125 cm³/mol. The van der Waals surface area contributed by atoms with Crippen molar-refractivity contribution in [2.24, 2.45) is 28.6 Å². The first-order valence-electron chi connectivity index (χ1n) is 12.2. The average Bonchev–Trinajstić information content (AvgIpc) is 3.04. The monoisotopic (exact) mass is 460 g/mol. The number of fused-ring (bicyclic) bond motifs is 1. The first kappa shape index (κ1) is 25.8. The van der Waals surface area contributed by atoms with Crippen molar-refractivity contribution < 1.29 is 29.7 Å². The normalized spacial score (nSPS) is 41.8. The fourth-order valence-corrected chi connectivity index (χ4v) is 6.53. The van der Waals surface area contributed by atoms with E-state index >= 15 is 0 Å². The van der Waals surface area contributed by atoms with Crippen molar-refractivity contribution >= 4 is 17.3 Å². The Kier molecular flexibility index (Phi) is 6.38. The second kappa shape index (κ2) is 8.16. The molecule has 0 aliphatic heterocycles. The van der Waals surface area contributed by atoms with Crippen LogP contribution in [-0.4, -0.2) is 43.9 Å². The van der Waals surface area contributed by atoms with Crippen molar-refractivity contribution in [3.63, 3.8) is 0 Å². The molecule has 3 aliphatic carbocycles. The fourth-order valence-electron chi connectivity index (χ4n) is 6.53. The van der Waals surface area contributed by atoms with Crippen LogP contribution in [0.15, 0.2) is 23.0 Å². The summed E-state index contributed by atoms with van der Waals surface area (Å²) in [5.74, 6) is -3.22. The first-order valence-corrected chi connectivity index (χ1v) is 12.2. The molecule has 0 aromatic heterocycles. The van der Waals surface area contributed by atoms with Crippen LogP contribution in [0, 0.1) is 28.6 Å². The van der Waals surface area contributed by atoms with Gasteiger partial charge in [0.1, 0.15) is 11.3 Å². The Labute approximate surface area is 197 Å². The van der Waals surface area contributed by atoms with Gasteiger partial charge < -0.3 is 15.3 Å². The Hall–Kier alpha value is -1.79. The van der Waals surface area contributed by atoms with E-state index in [1.54, 1.807) is 27.7 Å². The van der Waals surface area contributed by atoms with E-state index in [0.29, 0.717) is 19.3 Å². The van der Waals surface area contributed by atoms with Crippen LogP contribution >= 0.6 is 0 Å². The zero-order valence-corrected chi connectivity index (χ0v) is 21.1. The highest BCUT2D eigenvalue weighted by molar-refractivity contribution is 6.31. The van der Waals surface area contributed by atoms with Crippen LogP contribution in [0.1, 0.15) is 87.0 Å². The summed E-state index contributed by atoms with van der Waals surface area (Å²) in [6.07, 6.45) is 3.56. The van der Waals surface area contributed by atoms with Crippen LogP contribution in [0.4, 0.5) is 0 Å². The number of aliphatic hydroxyl groups is 3. The van der Waals surface area contributed by atoms with Gasteiger partial charge in [-0.2, -0.15) is 0 Å². The van der Waals surface area contributed by atoms with Crippen molar-refractivity contribution in [3.05, 3.63) is 23.0 Å². The maximum absolute atomic E-state index is 14.2. The summed E-state index contributed by atoms with van der Waals surface area (Å²) in [5, 5.41) is 34.1. The highest BCUT2D eigenvalue weighted by Gasteiger charge is 2.68. The molecule has 0 amide bonds. The summed E-state index contributed by atoms with van der Waals surface area (Å²) in [5.41, 5.74) is -4.92. The third-order valence-electron chi connectivity index (χ3n) is 8.85. The maximum atomic E-state index is 14.2. The quantitative estimate of drug-likeness (QED) is 0.321. The summed E-state index contributed by atoms with van der Waals surface area (Å²) in [6.45, 7) is 12.2. The molecule has 1 spiro atoms. The molecule has 0 aromatic rings. The van der Waals surface area contributed by atoms with Crippen molar-refractivity contribution in [2.45, 2.75) is 98.2 Å². The molecule has 0 saturated heterocycles. The van der Waals surface area contributed by atoms with E-state index in [0.717, 1.165) is 5.57 Å². The number of hydrogen-bond donors (Lipinski definition) is 3. The van der Waals surface area contributed by atoms with Gasteiger partial charge in [-0.1, -0.05) is 25.5 Å². The molecule has 2 saturated carbocycles. The lowest BCUT2D eigenvalue weighted by molar-refractivity contribution is -0.167. The minimum atomic E-state index is -1.59. The molecule has 0 radical (unpaired) electrons. The van der Waals surface area contributed by atoms with E-state index in [-0.39, 0.29) is 30.8 Å². The van der Waals surface area contributed by atoms with Gasteiger partial charge in [-0.25, -0.2) is 0 Å². The summed E-state index contributed by atoms with van der Waals surface area (Å²) in [6, 6.07) is 0. The maximum Gasteiger partial charge on any atom is 0.183 e. The molecule has 3 N–H and O–H groups in total. The number of ketones is 3.